The molecule has 0 aromatic carbocycles. The molecule has 1 aromatic heterocycles. The van der Waals surface area contributed by atoms with Crippen LogP contribution in [0.1, 0.15) is 36.6 Å². The zero-order chi connectivity index (χ0) is 9.42. The number of hydrogen-bond acceptors (Lipinski definition) is 1. The van der Waals surface area contributed by atoms with Crippen molar-refractivity contribution < 1.29 is 0 Å². The van der Waals surface area contributed by atoms with Crippen molar-refractivity contribution in [1.29, 1.82) is 0 Å². The van der Waals surface area contributed by atoms with Crippen LogP contribution in [0.15, 0.2) is 12.3 Å². The topological polar surface area (TPSA) is 41.8 Å². The molecule has 1 aliphatic carbocycles. The molecule has 1 heterocycles. The molecule has 0 radical (unpaired) electrons. The van der Waals surface area contributed by atoms with E-state index in [4.69, 9.17) is 5.73 Å². The van der Waals surface area contributed by atoms with E-state index in [2.05, 4.69) is 37.2 Å². The molecule has 13 heavy (non-hydrogen) atoms. The van der Waals surface area contributed by atoms with E-state index in [1.165, 1.54) is 16.8 Å². The first-order valence-corrected chi connectivity index (χ1v) is 4.82. The van der Waals surface area contributed by atoms with Crippen molar-refractivity contribution in [3.63, 3.8) is 0 Å². The Balaban J connectivity index is 2.42. The van der Waals surface area contributed by atoms with Crippen LogP contribution in [0, 0.1) is 0 Å². The van der Waals surface area contributed by atoms with E-state index in [0.717, 1.165) is 6.42 Å². The van der Waals surface area contributed by atoms with Gasteiger partial charge in [0.25, 0.3) is 0 Å². The van der Waals surface area contributed by atoms with Gasteiger partial charge in [0.05, 0.1) is 0 Å². The number of nitrogens with two attached hydrogens (primary N) is 1. The molecular weight excluding hydrogens is 160 g/mol. The Labute approximate surface area is 78.8 Å². The van der Waals surface area contributed by atoms with Gasteiger partial charge in [0.2, 0.25) is 0 Å². The van der Waals surface area contributed by atoms with Gasteiger partial charge < -0.3 is 10.7 Å². The van der Waals surface area contributed by atoms with Gasteiger partial charge >= 0.3 is 0 Å². The van der Waals surface area contributed by atoms with E-state index in [9.17, 15) is 0 Å². The van der Waals surface area contributed by atoms with Crippen molar-refractivity contribution in [1.82, 2.24) is 4.98 Å². The first kappa shape index (κ1) is 8.57. The number of nitrogens with one attached hydrogen (secondary N) is 1. The second-order valence-electron chi connectivity index (χ2n) is 4.02. The van der Waals surface area contributed by atoms with Gasteiger partial charge in [-0.05, 0) is 17.0 Å². The predicted molar refractivity (Wildman–Crippen MR) is 55.6 cm³/mol. The summed E-state index contributed by atoms with van der Waals surface area (Å²) in [5.74, 6) is 0.582. The predicted octanol–water partition coefficient (Wildman–Crippen LogP) is 2.03. The molecule has 1 atom stereocenters. The Hall–Kier alpha value is -1.02. The SMILES string of the molecule is CC(C)c1c[nH]c2c1C=CC(N)C2. The van der Waals surface area contributed by atoms with Crippen LogP contribution < -0.4 is 5.73 Å². The lowest BCUT2D eigenvalue weighted by atomic mass is 9.94. The van der Waals surface area contributed by atoms with Gasteiger partial charge in [0.15, 0.2) is 0 Å². The standard InChI is InChI=1S/C11H16N2/c1-7(2)10-6-13-11-5-8(12)3-4-9(10)11/h3-4,6-8,13H,5,12H2,1-2H3. The quantitative estimate of drug-likeness (QED) is 0.675. The summed E-state index contributed by atoms with van der Waals surface area (Å²) in [6, 6.07) is 0.186. The Morgan fingerprint density at radius 2 is 2.31 bits per heavy atom. The minimum Gasteiger partial charge on any atom is -0.364 e. The largest absolute Gasteiger partial charge is 0.364 e. The highest BCUT2D eigenvalue weighted by molar-refractivity contribution is 5.60. The minimum atomic E-state index is 0.186. The molecular formula is C11H16N2. The van der Waals surface area contributed by atoms with Crippen LogP contribution in [-0.2, 0) is 6.42 Å². The van der Waals surface area contributed by atoms with Crippen molar-refractivity contribution in [2.45, 2.75) is 32.2 Å². The fourth-order valence-electron chi connectivity index (χ4n) is 1.86. The molecule has 1 aliphatic rings. The summed E-state index contributed by atoms with van der Waals surface area (Å²) in [4.78, 5) is 3.31. The number of hydrogen-bond donors (Lipinski definition) is 2. The number of H-pyrrole nitrogens is 1. The second-order valence-corrected chi connectivity index (χ2v) is 4.02. The molecule has 70 valence electrons. The lowest BCUT2D eigenvalue weighted by molar-refractivity contribution is 0.783. The molecule has 1 aromatic rings. The maximum absolute atomic E-state index is 5.83. The summed E-state index contributed by atoms with van der Waals surface area (Å²) < 4.78 is 0. The van der Waals surface area contributed by atoms with Gasteiger partial charge in [-0.1, -0.05) is 26.0 Å². The summed E-state index contributed by atoms with van der Waals surface area (Å²) in [5, 5.41) is 0. The molecule has 0 aliphatic heterocycles. The van der Waals surface area contributed by atoms with Gasteiger partial charge in [-0.2, -0.15) is 0 Å². The van der Waals surface area contributed by atoms with Crippen molar-refractivity contribution in [3.8, 4) is 0 Å². The van der Waals surface area contributed by atoms with Crippen LogP contribution in [-0.4, -0.2) is 11.0 Å². The maximum atomic E-state index is 5.83. The Kier molecular flexibility index (Phi) is 2.00. The van der Waals surface area contributed by atoms with Crippen molar-refractivity contribution in [2.24, 2.45) is 5.73 Å². The van der Waals surface area contributed by atoms with Gasteiger partial charge in [0, 0.05) is 24.4 Å². The lowest BCUT2D eigenvalue weighted by Gasteiger charge is -2.13. The third-order valence-electron chi connectivity index (χ3n) is 2.61. The average Bonchev–Trinajstić information content (AvgIpc) is 2.46. The summed E-state index contributed by atoms with van der Waals surface area (Å²) in [7, 11) is 0. The average molecular weight is 176 g/mol. The first-order chi connectivity index (χ1) is 6.18. The van der Waals surface area contributed by atoms with Crippen molar-refractivity contribution in [3.05, 3.63) is 29.1 Å². The first-order valence-electron chi connectivity index (χ1n) is 4.82. The fraction of sp³-hybridized carbons (Fsp3) is 0.455. The normalized spacial score (nSPS) is 20.8. The smallest absolute Gasteiger partial charge is 0.0282 e. The molecule has 0 saturated carbocycles. The Morgan fingerprint density at radius 3 is 3.00 bits per heavy atom. The second kappa shape index (κ2) is 3.04. The zero-order valence-electron chi connectivity index (χ0n) is 8.17. The van der Waals surface area contributed by atoms with Crippen molar-refractivity contribution >= 4 is 6.08 Å². The van der Waals surface area contributed by atoms with Crippen LogP contribution >= 0.6 is 0 Å². The third-order valence-corrected chi connectivity index (χ3v) is 2.61. The fourth-order valence-corrected chi connectivity index (χ4v) is 1.86. The number of fused-ring (bicyclic) bond motifs is 1. The molecule has 0 amide bonds. The Bertz CT molecular complexity index is 334. The van der Waals surface area contributed by atoms with E-state index >= 15 is 0 Å². The van der Waals surface area contributed by atoms with E-state index in [-0.39, 0.29) is 6.04 Å². The van der Waals surface area contributed by atoms with Gasteiger partial charge in [-0.25, -0.2) is 0 Å². The highest BCUT2D eigenvalue weighted by Crippen LogP contribution is 2.27. The molecule has 2 nitrogen and oxygen atoms in total. The molecule has 0 spiro atoms. The maximum Gasteiger partial charge on any atom is 0.0282 e. The van der Waals surface area contributed by atoms with Gasteiger partial charge in [-0.3, -0.25) is 0 Å². The summed E-state index contributed by atoms with van der Waals surface area (Å²) >= 11 is 0. The van der Waals surface area contributed by atoms with E-state index < -0.39 is 0 Å². The van der Waals surface area contributed by atoms with Crippen LogP contribution in [0.5, 0.6) is 0 Å². The highest BCUT2D eigenvalue weighted by Gasteiger charge is 2.16. The molecule has 0 fully saturated rings. The monoisotopic (exact) mass is 176 g/mol. The minimum absolute atomic E-state index is 0.186. The molecule has 1 unspecified atom stereocenters. The lowest BCUT2D eigenvalue weighted by Crippen LogP contribution is -2.22. The van der Waals surface area contributed by atoms with E-state index in [1.807, 2.05) is 0 Å². The number of aromatic amines is 1. The van der Waals surface area contributed by atoms with Crippen LogP contribution in [0.25, 0.3) is 6.08 Å². The van der Waals surface area contributed by atoms with Crippen LogP contribution in [0.2, 0.25) is 0 Å². The zero-order valence-corrected chi connectivity index (χ0v) is 8.17. The third kappa shape index (κ3) is 1.42. The van der Waals surface area contributed by atoms with Gasteiger partial charge in [-0.15, -0.1) is 0 Å². The molecule has 3 N–H and O–H groups in total. The summed E-state index contributed by atoms with van der Waals surface area (Å²) in [6.45, 7) is 4.43. The summed E-state index contributed by atoms with van der Waals surface area (Å²) in [6.07, 6.45) is 7.29. The molecule has 2 heteroatoms. The van der Waals surface area contributed by atoms with E-state index in [0.29, 0.717) is 5.92 Å². The molecule has 2 rings (SSSR count). The highest BCUT2D eigenvalue weighted by atomic mass is 14.7. The number of rotatable bonds is 1. The van der Waals surface area contributed by atoms with Crippen LogP contribution in [0.4, 0.5) is 0 Å². The number of aromatic nitrogens is 1. The Morgan fingerprint density at radius 1 is 1.54 bits per heavy atom. The molecule has 0 bridgehead atoms. The van der Waals surface area contributed by atoms with Crippen LogP contribution in [0.3, 0.4) is 0 Å². The molecule has 0 saturated heterocycles. The van der Waals surface area contributed by atoms with E-state index in [1.54, 1.807) is 0 Å². The van der Waals surface area contributed by atoms with Gasteiger partial charge in [0.1, 0.15) is 0 Å². The van der Waals surface area contributed by atoms with Crippen molar-refractivity contribution in [2.75, 3.05) is 0 Å². The summed E-state index contributed by atoms with van der Waals surface area (Å²) in [5.41, 5.74) is 9.88.